The second-order valence-corrected chi connectivity index (χ2v) is 4.74. The van der Waals surface area contributed by atoms with E-state index in [2.05, 4.69) is 10.3 Å². The zero-order chi connectivity index (χ0) is 14.8. The summed E-state index contributed by atoms with van der Waals surface area (Å²) in [5, 5.41) is 2.82. The number of anilines is 1. The molecule has 1 aromatic heterocycles. The Morgan fingerprint density at radius 2 is 2.10 bits per heavy atom. The van der Waals surface area contributed by atoms with Crippen molar-refractivity contribution >= 4 is 22.6 Å². The highest BCUT2D eigenvalue weighted by Gasteiger charge is 2.14. The number of amides is 1. The van der Waals surface area contributed by atoms with E-state index >= 15 is 0 Å². The Balaban J connectivity index is 2.21. The number of carbonyl (C=O) groups is 1. The first-order valence-corrected chi connectivity index (χ1v) is 6.81. The van der Waals surface area contributed by atoms with E-state index < -0.39 is 0 Å². The number of nitrogens with one attached hydrogen (secondary N) is 1. The molecule has 2 aromatic carbocycles. The van der Waals surface area contributed by atoms with Crippen LogP contribution < -0.4 is 11.1 Å². The number of hydrogen-bond acceptors (Lipinski definition) is 3. The minimum Gasteiger partial charge on any atom is -0.399 e. The van der Waals surface area contributed by atoms with E-state index in [0.717, 1.165) is 16.7 Å². The maximum atomic E-state index is 12.2. The van der Waals surface area contributed by atoms with E-state index in [9.17, 15) is 4.79 Å². The fraction of sp³-hybridized carbons (Fsp3) is 0.125. The van der Waals surface area contributed by atoms with Crippen LogP contribution in [0.5, 0.6) is 0 Å². The average molecular weight is 280 g/mol. The van der Waals surface area contributed by atoms with Crippen molar-refractivity contribution < 1.29 is 4.79 Å². The van der Waals surface area contributed by atoms with Crippen LogP contribution >= 0.6 is 0 Å². The van der Waals surface area contributed by atoms with Gasteiger partial charge in [-0.1, -0.05) is 12.1 Å². The predicted molar refractivity (Wildman–Crippen MR) is 83.5 cm³/mol. The molecule has 1 amide bonds. The normalized spacial score (nSPS) is 10.7. The Kier molecular flexibility index (Phi) is 3.31. The highest BCUT2D eigenvalue weighted by molar-refractivity contribution is 5.99. The summed E-state index contributed by atoms with van der Waals surface area (Å²) < 4.78 is 1.89. The molecule has 5 nitrogen and oxygen atoms in total. The maximum absolute atomic E-state index is 12.2. The van der Waals surface area contributed by atoms with Gasteiger partial charge in [-0.15, -0.1) is 0 Å². The number of nitrogens with zero attached hydrogens (tertiary/aromatic N) is 2. The van der Waals surface area contributed by atoms with E-state index in [4.69, 9.17) is 5.73 Å². The van der Waals surface area contributed by atoms with Crippen LogP contribution in [-0.2, 0) is 0 Å². The van der Waals surface area contributed by atoms with Crippen LogP contribution in [0.15, 0.2) is 48.8 Å². The van der Waals surface area contributed by atoms with Gasteiger partial charge in [-0.05, 0) is 37.3 Å². The van der Waals surface area contributed by atoms with Crippen LogP contribution in [0, 0.1) is 0 Å². The smallest absolute Gasteiger partial charge is 0.253 e. The molecule has 106 valence electrons. The first kappa shape index (κ1) is 13.2. The average Bonchev–Trinajstić information content (AvgIpc) is 2.91. The van der Waals surface area contributed by atoms with Crippen molar-refractivity contribution in [3.63, 3.8) is 0 Å². The summed E-state index contributed by atoms with van der Waals surface area (Å²) in [6.45, 7) is 2.47. The van der Waals surface area contributed by atoms with E-state index in [1.165, 1.54) is 0 Å². The summed E-state index contributed by atoms with van der Waals surface area (Å²) >= 11 is 0. The first-order valence-electron chi connectivity index (χ1n) is 6.81. The van der Waals surface area contributed by atoms with Crippen LogP contribution in [0.3, 0.4) is 0 Å². The topological polar surface area (TPSA) is 72.9 Å². The highest BCUT2D eigenvalue weighted by Crippen LogP contribution is 2.23. The lowest BCUT2D eigenvalue weighted by Gasteiger charge is -2.12. The Labute approximate surface area is 122 Å². The molecule has 0 bridgehead atoms. The van der Waals surface area contributed by atoms with Crippen LogP contribution in [-0.4, -0.2) is 22.0 Å². The number of fused-ring (bicyclic) bond motifs is 1. The third kappa shape index (κ3) is 2.33. The molecule has 0 aliphatic carbocycles. The number of imidazole rings is 1. The molecular weight excluding hydrogens is 264 g/mol. The number of rotatable bonds is 3. The largest absolute Gasteiger partial charge is 0.399 e. The lowest BCUT2D eigenvalue weighted by Crippen LogP contribution is -2.24. The van der Waals surface area contributed by atoms with E-state index in [-0.39, 0.29) is 5.91 Å². The van der Waals surface area contributed by atoms with Crippen molar-refractivity contribution in [3.8, 4) is 5.69 Å². The Hall–Kier alpha value is -2.82. The van der Waals surface area contributed by atoms with Crippen molar-refractivity contribution in [1.82, 2.24) is 14.9 Å². The second-order valence-electron chi connectivity index (χ2n) is 4.74. The van der Waals surface area contributed by atoms with Crippen LogP contribution in [0.1, 0.15) is 17.3 Å². The highest BCUT2D eigenvalue weighted by atomic mass is 16.1. The van der Waals surface area contributed by atoms with Gasteiger partial charge in [0.1, 0.15) is 6.33 Å². The minimum absolute atomic E-state index is 0.120. The predicted octanol–water partition coefficient (Wildman–Crippen LogP) is 2.36. The van der Waals surface area contributed by atoms with E-state index in [0.29, 0.717) is 17.8 Å². The molecule has 3 N–H and O–H groups in total. The van der Waals surface area contributed by atoms with Gasteiger partial charge in [0.15, 0.2) is 0 Å². The quantitative estimate of drug-likeness (QED) is 0.723. The molecule has 0 fully saturated rings. The summed E-state index contributed by atoms with van der Waals surface area (Å²) in [6, 6.07) is 13.0. The molecule has 0 radical (unpaired) electrons. The van der Waals surface area contributed by atoms with Gasteiger partial charge in [0.05, 0.1) is 22.3 Å². The molecular formula is C16H16N4O. The summed E-state index contributed by atoms with van der Waals surface area (Å²) in [6.07, 6.45) is 1.71. The molecule has 1 heterocycles. The first-order chi connectivity index (χ1) is 10.2. The van der Waals surface area contributed by atoms with Gasteiger partial charge in [0, 0.05) is 12.2 Å². The molecule has 21 heavy (non-hydrogen) atoms. The molecule has 0 atom stereocenters. The van der Waals surface area contributed by atoms with Gasteiger partial charge in [0.25, 0.3) is 5.91 Å². The molecule has 0 aliphatic rings. The number of benzene rings is 2. The SMILES string of the molecule is CCNC(=O)c1ccc(N)cc1-n1cnc2ccccc21. The molecule has 3 aromatic rings. The molecule has 3 rings (SSSR count). The third-order valence-corrected chi connectivity index (χ3v) is 3.32. The monoisotopic (exact) mass is 280 g/mol. The number of aromatic nitrogens is 2. The number of hydrogen-bond donors (Lipinski definition) is 2. The summed E-state index contributed by atoms with van der Waals surface area (Å²) in [4.78, 5) is 16.6. The Morgan fingerprint density at radius 1 is 1.29 bits per heavy atom. The molecule has 0 saturated heterocycles. The van der Waals surface area contributed by atoms with Gasteiger partial charge in [0.2, 0.25) is 0 Å². The summed E-state index contributed by atoms with van der Waals surface area (Å²) in [5.41, 5.74) is 9.62. The summed E-state index contributed by atoms with van der Waals surface area (Å²) in [5.74, 6) is -0.120. The minimum atomic E-state index is -0.120. The van der Waals surface area contributed by atoms with E-state index in [1.807, 2.05) is 35.8 Å². The van der Waals surface area contributed by atoms with Crippen LogP contribution in [0.4, 0.5) is 5.69 Å². The van der Waals surface area contributed by atoms with Crippen molar-refractivity contribution in [1.29, 1.82) is 0 Å². The van der Waals surface area contributed by atoms with Crippen molar-refractivity contribution in [3.05, 3.63) is 54.4 Å². The molecule has 0 unspecified atom stereocenters. The molecule has 0 saturated carbocycles. The molecule has 0 aliphatic heterocycles. The fourth-order valence-corrected chi connectivity index (χ4v) is 2.35. The standard InChI is InChI=1S/C16H16N4O/c1-2-18-16(21)12-8-7-11(17)9-15(12)20-10-19-13-5-3-4-6-14(13)20/h3-10H,2,17H2,1H3,(H,18,21). The number of carbonyl (C=O) groups excluding carboxylic acids is 1. The second kappa shape index (κ2) is 5.28. The lowest BCUT2D eigenvalue weighted by atomic mass is 10.1. The van der Waals surface area contributed by atoms with Gasteiger partial charge in [-0.25, -0.2) is 4.98 Å². The third-order valence-electron chi connectivity index (χ3n) is 3.32. The van der Waals surface area contributed by atoms with Crippen LogP contribution in [0.2, 0.25) is 0 Å². The zero-order valence-electron chi connectivity index (χ0n) is 11.7. The molecule has 0 spiro atoms. The van der Waals surface area contributed by atoms with Gasteiger partial charge < -0.3 is 11.1 Å². The van der Waals surface area contributed by atoms with Crippen molar-refractivity contribution in [2.45, 2.75) is 6.92 Å². The summed E-state index contributed by atoms with van der Waals surface area (Å²) in [7, 11) is 0. The number of nitrogens with two attached hydrogens (primary N) is 1. The molecule has 5 heteroatoms. The Morgan fingerprint density at radius 3 is 2.90 bits per heavy atom. The number of para-hydroxylation sites is 2. The van der Waals surface area contributed by atoms with Gasteiger partial charge in [-0.3, -0.25) is 9.36 Å². The number of nitrogen functional groups attached to an aromatic ring is 1. The van der Waals surface area contributed by atoms with E-state index in [1.54, 1.807) is 24.5 Å². The van der Waals surface area contributed by atoms with Gasteiger partial charge in [-0.2, -0.15) is 0 Å². The van der Waals surface area contributed by atoms with Gasteiger partial charge >= 0.3 is 0 Å². The van der Waals surface area contributed by atoms with Crippen molar-refractivity contribution in [2.24, 2.45) is 0 Å². The Bertz CT molecular complexity index is 807. The van der Waals surface area contributed by atoms with Crippen molar-refractivity contribution in [2.75, 3.05) is 12.3 Å². The van der Waals surface area contributed by atoms with Crippen LogP contribution in [0.25, 0.3) is 16.7 Å². The lowest BCUT2D eigenvalue weighted by molar-refractivity contribution is 0.0956. The maximum Gasteiger partial charge on any atom is 0.253 e. The fourth-order valence-electron chi connectivity index (χ4n) is 2.35. The zero-order valence-corrected chi connectivity index (χ0v) is 11.7.